The first-order chi connectivity index (χ1) is 9.45. The molecule has 0 fully saturated rings. The third-order valence-electron chi connectivity index (χ3n) is 2.72. The molecule has 0 aliphatic carbocycles. The second-order valence-electron chi connectivity index (χ2n) is 4.48. The quantitative estimate of drug-likeness (QED) is 0.657. The smallest absolute Gasteiger partial charge is 0.178 e. The number of rotatable bonds is 5. The molecule has 2 rings (SSSR count). The zero-order chi connectivity index (χ0) is 14.7. The Labute approximate surface area is 140 Å². The molecule has 0 atom stereocenters. The molecule has 0 aliphatic rings. The van der Waals surface area contributed by atoms with Crippen LogP contribution in [-0.2, 0) is 6.54 Å². The number of hydrogen-bond acceptors (Lipinski definition) is 3. The summed E-state index contributed by atoms with van der Waals surface area (Å²) in [5.74, 6) is -0.0107. The van der Waals surface area contributed by atoms with Crippen molar-refractivity contribution >= 4 is 56.3 Å². The summed E-state index contributed by atoms with van der Waals surface area (Å²) in [5, 5.41) is 3.00. The van der Waals surface area contributed by atoms with Gasteiger partial charge in [-0.15, -0.1) is 11.3 Å². The van der Waals surface area contributed by atoms with Crippen LogP contribution < -0.4 is 0 Å². The second-order valence-corrected chi connectivity index (χ2v) is 7.61. The molecule has 1 aromatic heterocycles. The van der Waals surface area contributed by atoms with Crippen molar-refractivity contribution in [3.05, 3.63) is 54.6 Å². The molecule has 1 heterocycles. The van der Waals surface area contributed by atoms with Gasteiger partial charge in [-0.3, -0.25) is 9.69 Å². The highest BCUT2D eigenvalue weighted by atomic mass is 79.9. The zero-order valence-corrected chi connectivity index (χ0v) is 14.6. The second kappa shape index (κ2) is 7.05. The number of thiophene rings is 1. The van der Waals surface area contributed by atoms with Crippen LogP contribution in [0, 0.1) is 0 Å². The summed E-state index contributed by atoms with van der Waals surface area (Å²) in [6.07, 6.45) is 0. The monoisotopic (exact) mass is 391 g/mol. The number of carbonyl (C=O) groups is 1. The van der Waals surface area contributed by atoms with Crippen molar-refractivity contribution in [3.63, 3.8) is 0 Å². The molecule has 6 heteroatoms. The summed E-state index contributed by atoms with van der Waals surface area (Å²) in [4.78, 5) is 14.2. The van der Waals surface area contributed by atoms with Crippen molar-refractivity contribution in [3.8, 4) is 0 Å². The van der Waals surface area contributed by atoms with Gasteiger partial charge in [-0.05, 0) is 58.2 Å². The standard InChI is InChI=1S/C14H12BrCl2NOS/c1-18(6-9-4-14(15)20-8-9)7-13(19)11-3-2-10(16)5-12(11)17/h2-5,8H,6-7H2,1H3. The van der Waals surface area contributed by atoms with Gasteiger partial charge in [-0.2, -0.15) is 0 Å². The van der Waals surface area contributed by atoms with Gasteiger partial charge in [0, 0.05) is 17.1 Å². The molecule has 0 spiro atoms. The van der Waals surface area contributed by atoms with Crippen molar-refractivity contribution in [1.82, 2.24) is 4.90 Å². The van der Waals surface area contributed by atoms with Gasteiger partial charge >= 0.3 is 0 Å². The summed E-state index contributed by atoms with van der Waals surface area (Å²) < 4.78 is 1.09. The fourth-order valence-corrected chi connectivity index (χ4v) is 3.56. The fourth-order valence-electron chi connectivity index (χ4n) is 1.84. The van der Waals surface area contributed by atoms with E-state index in [0.29, 0.717) is 22.2 Å². The largest absolute Gasteiger partial charge is 0.295 e. The van der Waals surface area contributed by atoms with Gasteiger partial charge in [-0.1, -0.05) is 23.2 Å². The number of likely N-dealkylation sites (N-methyl/N-ethyl adjacent to an activating group) is 1. The molecule has 0 saturated carbocycles. The lowest BCUT2D eigenvalue weighted by Gasteiger charge is -2.15. The van der Waals surface area contributed by atoms with Gasteiger partial charge in [0.15, 0.2) is 5.78 Å². The number of ketones is 1. The Hall–Kier alpha value is -0.390. The number of Topliss-reactive ketones (excluding diaryl/α,β-unsaturated/α-hetero) is 1. The fraction of sp³-hybridized carbons (Fsp3) is 0.214. The predicted octanol–water partition coefficient (Wildman–Crippen LogP) is 5.13. The Morgan fingerprint density at radius 2 is 2.10 bits per heavy atom. The van der Waals surface area contributed by atoms with Gasteiger partial charge in [0.1, 0.15) is 0 Å². The highest BCUT2D eigenvalue weighted by Crippen LogP contribution is 2.23. The zero-order valence-electron chi connectivity index (χ0n) is 10.7. The molecule has 0 aliphatic heterocycles. The molecule has 20 heavy (non-hydrogen) atoms. The summed E-state index contributed by atoms with van der Waals surface area (Å²) in [7, 11) is 1.91. The minimum Gasteiger partial charge on any atom is -0.295 e. The number of halogens is 3. The number of nitrogens with zero attached hydrogens (tertiary/aromatic N) is 1. The van der Waals surface area contributed by atoms with Crippen LogP contribution in [0.2, 0.25) is 10.0 Å². The molecule has 2 nitrogen and oxygen atoms in total. The van der Waals surface area contributed by atoms with E-state index in [1.165, 1.54) is 5.56 Å². The molecule has 0 N–H and O–H groups in total. The lowest BCUT2D eigenvalue weighted by atomic mass is 10.1. The van der Waals surface area contributed by atoms with Crippen LogP contribution in [0.5, 0.6) is 0 Å². The van der Waals surface area contributed by atoms with Crippen LogP contribution >= 0.6 is 50.5 Å². The van der Waals surface area contributed by atoms with E-state index in [0.717, 1.165) is 10.3 Å². The third-order valence-corrected chi connectivity index (χ3v) is 4.82. The maximum atomic E-state index is 12.2. The van der Waals surface area contributed by atoms with Crippen LogP contribution in [0.25, 0.3) is 0 Å². The molecule has 2 aromatic rings. The van der Waals surface area contributed by atoms with E-state index in [2.05, 4.69) is 27.4 Å². The molecular formula is C14H12BrCl2NOS. The summed E-state index contributed by atoms with van der Waals surface area (Å²) in [5.41, 5.74) is 1.69. The Kier molecular flexibility index (Phi) is 5.64. The number of carbonyl (C=O) groups excluding carboxylic acids is 1. The average Bonchev–Trinajstić information content (AvgIpc) is 2.74. The molecule has 106 valence electrons. The molecule has 0 radical (unpaired) electrons. The maximum Gasteiger partial charge on any atom is 0.178 e. The van der Waals surface area contributed by atoms with Gasteiger partial charge in [0.2, 0.25) is 0 Å². The van der Waals surface area contributed by atoms with Crippen LogP contribution in [-0.4, -0.2) is 24.3 Å². The molecule has 0 bridgehead atoms. The van der Waals surface area contributed by atoms with Crippen molar-refractivity contribution < 1.29 is 4.79 Å². The lowest BCUT2D eigenvalue weighted by Crippen LogP contribution is -2.25. The van der Waals surface area contributed by atoms with E-state index in [1.54, 1.807) is 29.5 Å². The van der Waals surface area contributed by atoms with E-state index in [9.17, 15) is 4.79 Å². The lowest BCUT2D eigenvalue weighted by molar-refractivity contribution is 0.0943. The van der Waals surface area contributed by atoms with Crippen LogP contribution in [0.4, 0.5) is 0 Å². The van der Waals surface area contributed by atoms with E-state index in [-0.39, 0.29) is 5.78 Å². The highest BCUT2D eigenvalue weighted by Gasteiger charge is 2.13. The predicted molar refractivity (Wildman–Crippen MR) is 89.1 cm³/mol. The average molecular weight is 393 g/mol. The van der Waals surface area contributed by atoms with Crippen molar-refractivity contribution in [1.29, 1.82) is 0 Å². The Morgan fingerprint density at radius 3 is 2.70 bits per heavy atom. The van der Waals surface area contributed by atoms with Crippen LogP contribution in [0.1, 0.15) is 15.9 Å². The molecular weight excluding hydrogens is 381 g/mol. The van der Waals surface area contributed by atoms with Gasteiger partial charge < -0.3 is 0 Å². The molecule has 0 unspecified atom stereocenters. The highest BCUT2D eigenvalue weighted by molar-refractivity contribution is 9.11. The van der Waals surface area contributed by atoms with Gasteiger partial charge in [0.05, 0.1) is 15.4 Å². The molecule has 0 amide bonds. The topological polar surface area (TPSA) is 20.3 Å². The van der Waals surface area contributed by atoms with Crippen molar-refractivity contribution in [2.45, 2.75) is 6.54 Å². The van der Waals surface area contributed by atoms with Gasteiger partial charge in [0.25, 0.3) is 0 Å². The molecule has 0 saturated heterocycles. The Bertz CT molecular complexity index is 629. The molecule has 1 aromatic carbocycles. The SMILES string of the molecule is CN(CC(=O)c1ccc(Cl)cc1Cl)Cc1csc(Br)c1. The maximum absolute atomic E-state index is 12.2. The summed E-state index contributed by atoms with van der Waals surface area (Å²) in [6, 6.07) is 6.99. The first-order valence-electron chi connectivity index (χ1n) is 5.85. The van der Waals surface area contributed by atoms with E-state index >= 15 is 0 Å². The van der Waals surface area contributed by atoms with E-state index < -0.39 is 0 Å². The van der Waals surface area contributed by atoms with Crippen LogP contribution in [0.15, 0.2) is 33.4 Å². The van der Waals surface area contributed by atoms with Crippen LogP contribution in [0.3, 0.4) is 0 Å². The van der Waals surface area contributed by atoms with Crippen molar-refractivity contribution in [2.24, 2.45) is 0 Å². The van der Waals surface area contributed by atoms with E-state index in [1.807, 2.05) is 11.9 Å². The first-order valence-corrected chi connectivity index (χ1v) is 8.28. The minimum atomic E-state index is -0.0107. The third kappa shape index (κ3) is 4.30. The first kappa shape index (κ1) is 16.0. The summed E-state index contributed by atoms with van der Waals surface area (Å²) >= 11 is 16.9. The Balaban J connectivity index is 2.00. The Morgan fingerprint density at radius 1 is 1.35 bits per heavy atom. The summed E-state index contributed by atoms with van der Waals surface area (Å²) in [6.45, 7) is 1.04. The number of hydrogen-bond donors (Lipinski definition) is 0. The normalized spacial score (nSPS) is 11.1. The van der Waals surface area contributed by atoms with Gasteiger partial charge in [-0.25, -0.2) is 0 Å². The van der Waals surface area contributed by atoms with Crippen molar-refractivity contribution in [2.75, 3.05) is 13.6 Å². The van der Waals surface area contributed by atoms with E-state index in [4.69, 9.17) is 23.2 Å². The minimum absolute atomic E-state index is 0.0107. The number of benzene rings is 1.